The van der Waals surface area contributed by atoms with Gasteiger partial charge in [-0.05, 0) is 6.42 Å². The van der Waals surface area contributed by atoms with Crippen molar-refractivity contribution < 1.29 is 9.53 Å². The summed E-state index contributed by atoms with van der Waals surface area (Å²) in [7, 11) is 0. The van der Waals surface area contributed by atoms with E-state index in [0.717, 1.165) is 6.42 Å². The van der Waals surface area contributed by atoms with Crippen LogP contribution in [-0.4, -0.2) is 18.7 Å². The number of hydrogen-bond acceptors (Lipinski definition) is 3. The summed E-state index contributed by atoms with van der Waals surface area (Å²) < 4.78 is 4.61. The number of nitrogens with two attached hydrogens (primary N) is 2. The quantitative estimate of drug-likeness (QED) is 0.330. The Morgan fingerprint density at radius 1 is 1.55 bits per heavy atom. The van der Waals surface area contributed by atoms with Gasteiger partial charge in [0, 0.05) is 6.42 Å². The Kier molecular flexibility index (Phi) is 4.89. The molecule has 0 radical (unpaired) electrons. The minimum absolute atomic E-state index is 0.0747. The molecule has 0 unspecified atom stereocenters. The van der Waals surface area contributed by atoms with E-state index in [2.05, 4.69) is 9.73 Å². The average molecular weight is 159 g/mol. The van der Waals surface area contributed by atoms with E-state index in [0.29, 0.717) is 6.42 Å². The smallest absolute Gasteiger partial charge is 0.307 e. The van der Waals surface area contributed by atoms with Gasteiger partial charge >= 0.3 is 5.97 Å². The lowest BCUT2D eigenvalue weighted by Crippen LogP contribution is -2.23. The third kappa shape index (κ3) is 6.63. The summed E-state index contributed by atoms with van der Waals surface area (Å²) in [6, 6.07) is 0. The molecule has 0 amide bonds. The lowest BCUT2D eigenvalue weighted by molar-refractivity contribution is -0.143. The van der Waals surface area contributed by atoms with Gasteiger partial charge in [0.1, 0.15) is 0 Å². The first kappa shape index (κ1) is 9.74. The van der Waals surface area contributed by atoms with Gasteiger partial charge in [-0.2, -0.15) is 0 Å². The number of ether oxygens (including phenoxy) is 1. The molecular weight excluding hydrogens is 146 g/mol. The molecular formula is C6H13N3O2. The summed E-state index contributed by atoms with van der Waals surface area (Å²) in [6.45, 7) is 1.81. The van der Waals surface area contributed by atoms with Crippen molar-refractivity contribution in [3.05, 3.63) is 0 Å². The van der Waals surface area contributed by atoms with Crippen molar-refractivity contribution in [2.75, 3.05) is 6.73 Å². The van der Waals surface area contributed by atoms with Gasteiger partial charge in [0.25, 0.3) is 0 Å². The Bertz CT molecular complexity index is 152. The van der Waals surface area contributed by atoms with Crippen LogP contribution in [0.4, 0.5) is 0 Å². The van der Waals surface area contributed by atoms with E-state index in [-0.39, 0.29) is 18.7 Å². The second-order valence-corrected chi connectivity index (χ2v) is 1.98. The van der Waals surface area contributed by atoms with Gasteiger partial charge in [-0.3, -0.25) is 4.79 Å². The molecule has 0 atom stereocenters. The summed E-state index contributed by atoms with van der Waals surface area (Å²) in [5.74, 6) is -0.355. The molecule has 0 bridgehead atoms. The fourth-order valence-electron chi connectivity index (χ4n) is 0.455. The number of guanidine groups is 1. The zero-order chi connectivity index (χ0) is 8.69. The first-order chi connectivity index (χ1) is 5.16. The van der Waals surface area contributed by atoms with Gasteiger partial charge in [0.05, 0.1) is 0 Å². The fraction of sp³-hybridized carbons (Fsp3) is 0.667. The van der Waals surface area contributed by atoms with Crippen molar-refractivity contribution in [1.29, 1.82) is 0 Å². The normalized spacial score (nSPS) is 8.82. The molecule has 0 aromatic rings. The van der Waals surface area contributed by atoms with E-state index in [1.54, 1.807) is 0 Å². The molecule has 0 aliphatic rings. The summed E-state index contributed by atoms with van der Waals surface area (Å²) in [5, 5.41) is 0. The van der Waals surface area contributed by atoms with Crippen molar-refractivity contribution in [2.45, 2.75) is 19.8 Å². The lowest BCUT2D eigenvalue weighted by atomic mass is 10.3. The zero-order valence-corrected chi connectivity index (χ0v) is 6.54. The number of esters is 1. The molecule has 4 N–H and O–H groups in total. The van der Waals surface area contributed by atoms with Crippen LogP contribution in [0.2, 0.25) is 0 Å². The minimum Gasteiger partial charge on any atom is -0.442 e. The van der Waals surface area contributed by atoms with Gasteiger partial charge in [-0.25, -0.2) is 4.99 Å². The van der Waals surface area contributed by atoms with Gasteiger partial charge in [0.2, 0.25) is 0 Å². The first-order valence-electron chi connectivity index (χ1n) is 3.37. The van der Waals surface area contributed by atoms with E-state index in [1.807, 2.05) is 6.92 Å². The molecule has 5 nitrogen and oxygen atoms in total. The molecule has 0 aromatic heterocycles. The number of hydrogen-bond donors (Lipinski definition) is 2. The molecule has 0 rings (SSSR count). The molecule has 64 valence electrons. The maximum absolute atomic E-state index is 10.7. The lowest BCUT2D eigenvalue weighted by Gasteiger charge is -1.98. The van der Waals surface area contributed by atoms with Gasteiger partial charge < -0.3 is 16.2 Å². The predicted molar refractivity (Wildman–Crippen MR) is 41.7 cm³/mol. The molecule has 0 spiro atoms. The van der Waals surface area contributed by atoms with Crippen molar-refractivity contribution in [2.24, 2.45) is 16.5 Å². The number of carbonyl (C=O) groups is 1. The molecule has 0 fully saturated rings. The Hall–Kier alpha value is -1.26. The van der Waals surface area contributed by atoms with Crippen LogP contribution in [0.15, 0.2) is 4.99 Å². The topological polar surface area (TPSA) is 90.7 Å². The Morgan fingerprint density at radius 3 is 2.64 bits per heavy atom. The minimum atomic E-state index is -0.280. The second-order valence-electron chi connectivity index (χ2n) is 1.98. The maximum atomic E-state index is 10.7. The van der Waals surface area contributed by atoms with Crippen molar-refractivity contribution >= 4 is 11.9 Å². The van der Waals surface area contributed by atoms with Crippen molar-refractivity contribution in [3.8, 4) is 0 Å². The molecule has 5 heteroatoms. The summed E-state index contributed by atoms with van der Waals surface area (Å²) >= 11 is 0. The van der Waals surface area contributed by atoms with Crippen LogP contribution in [0.3, 0.4) is 0 Å². The Labute approximate surface area is 65.4 Å². The largest absolute Gasteiger partial charge is 0.442 e. The predicted octanol–water partition coefficient (Wildman–Crippen LogP) is -0.439. The van der Waals surface area contributed by atoms with Crippen LogP contribution in [-0.2, 0) is 9.53 Å². The summed E-state index contributed by atoms with van der Waals surface area (Å²) in [6.07, 6.45) is 1.17. The number of rotatable bonds is 4. The van der Waals surface area contributed by atoms with E-state index in [1.165, 1.54) is 0 Å². The molecule has 0 saturated carbocycles. The summed E-state index contributed by atoms with van der Waals surface area (Å²) in [4.78, 5) is 14.1. The maximum Gasteiger partial charge on any atom is 0.307 e. The van der Waals surface area contributed by atoms with E-state index in [9.17, 15) is 4.79 Å². The molecule has 0 heterocycles. The van der Waals surface area contributed by atoms with Crippen molar-refractivity contribution in [3.63, 3.8) is 0 Å². The van der Waals surface area contributed by atoms with Gasteiger partial charge in [0.15, 0.2) is 12.7 Å². The van der Waals surface area contributed by atoms with Crippen LogP contribution in [0.1, 0.15) is 19.8 Å². The first-order valence-corrected chi connectivity index (χ1v) is 3.37. The van der Waals surface area contributed by atoms with Gasteiger partial charge in [-0.1, -0.05) is 6.92 Å². The van der Waals surface area contributed by atoms with Crippen molar-refractivity contribution in [1.82, 2.24) is 0 Å². The zero-order valence-electron chi connectivity index (χ0n) is 6.54. The van der Waals surface area contributed by atoms with E-state index in [4.69, 9.17) is 11.5 Å². The number of nitrogens with zero attached hydrogens (tertiary/aromatic N) is 1. The highest BCUT2D eigenvalue weighted by molar-refractivity contribution is 5.75. The van der Waals surface area contributed by atoms with E-state index < -0.39 is 0 Å². The summed E-state index contributed by atoms with van der Waals surface area (Å²) in [5.41, 5.74) is 9.98. The fourth-order valence-corrected chi connectivity index (χ4v) is 0.455. The molecule has 11 heavy (non-hydrogen) atoms. The Balaban J connectivity index is 3.39. The third-order valence-electron chi connectivity index (χ3n) is 0.927. The SMILES string of the molecule is CCCC(=O)OCN=C(N)N. The highest BCUT2D eigenvalue weighted by Gasteiger charge is 1.97. The average Bonchev–Trinajstić information content (AvgIpc) is 1.87. The van der Waals surface area contributed by atoms with Crippen LogP contribution in [0, 0.1) is 0 Å². The van der Waals surface area contributed by atoms with Crippen LogP contribution in [0.25, 0.3) is 0 Å². The van der Waals surface area contributed by atoms with E-state index >= 15 is 0 Å². The standard InChI is InChI=1S/C6H13N3O2/c1-2-3-5(10)11-4-9-6(7)8/h2-4H2,1H3,(H4,7,8,9). The number of carbonyl (C=O) groups excluding carboxylic acids is 1. The molecule has 0 aliphatic carbocycles. The Morgan fingerprint density at radius 2 is 2.18 bits per heavy atom. The highest BCUT2D eigenvalue weighted by atomic mass is 16.5. The van der Waals surface area contributed by atoms with Crippen LogP contribution >= 0.6 is 0 Å². The second kappa shape index (κ2) is 5.52. The highest BCUT2D eigenvalue weighted by Crippen LogP contribution is 1.90. The number of aliphatic imine (C=N–C) groups is 1. The van der Waals surface area contributed by atoms with Crippen LogP contribution in [0.5, 0.6) is 0 Å². The molecule has 0 aromatic carbocycles. The monoisotopic (exact) mass is 159 g/mol. The third-order valence-corrected chi connectivity index (χ3v) is 0.927. The van der Waals surface area contributed by atoms with Gasteiger partial charge in [-0.15, -0.1) is 0 Å². The molecule has 0 aliphatic heterocycles. The van der Waals surface area contributed by atoms with Crippen LogP contribution < -0.4 is 11.5 Å². The molecule has 0 saturated heterocycles.